The average molecular weight is 267 g/mol. The van der Waals surface area contributed by atoms with Crippen LogP contribution in [0.3, 0.4) is 0 Å². The highest BCUT2D eigenvalue weighted by Crippen LogP contribution is 2.25. The third-order valence-corrected chi connectivity index (χ3v) is 2.81. The molecule has 0 saturated carbocycles. The summed E-state index contributed by atoms with van der Waals surface area (Å²) in [7, 11) is 0. The Morgan fingerprint density at radius 2 is 2.05 bits per heavy atom. The van der Waals surface area contributed by atoms with E-state index in [0.29, 0.717) is 5.56 Å². The zero-order valence-corrected chi connectivity index (χ0v) is 11.3. The predicted molar refractivity (Wildman–Crippen MR) is 71.9 cm³/mol. The van der Waals surface area contributed by atoms with Crippen LogP contribution in [0.15, 0.2) is 18.2 Å². The largest absolute Gasteiger partial charge is 0.504 e. The minimum atomic E-state index is -0.775. The Morgan fingerprint density at radius 1 is 1.37 bits per heavy atom. The Balaban J connectivity index is 2.56. The average Bonchev–Trinajstić information content (AvgIpc) is 2.34. The number of esters is 1. The highest BCUT2D eigenvalue weighted by Gasteiger charge is 2.18. The minimum Gasteiger partial charge on any atom is -0.504 e. The van der Waals surface area contributed by atoms with Crippen molar-refractivity contribution in [2.45, 2.75) is 45.3 Å². The highest BCUT2D eigenvalue weighted by atomic mass is 16.5. The van der Waals surface area contributed by atoms with Crippen molar-refractivity contribution < 1.29 is 19.7 Å². The SMILES string of the molecule is CCCC(C)OC(=O)C(N)Cc1ccc(O)c(O)c1. The molecule has 1 aromatic carbocycles. The second-order valence-electron chi connectivity index (χ2n) is 4.67. The first-order valence-electron chi connectivity index (χ1n) is 6.41. The maximum absolute atomic E-state index is 11.7. The van der Waals surface area contributed by atoms with Gasteiger partial charge in [0, 0.05) is 0 Å². The number of phenolic OH excluding ortho intramolecular Hbond substituents is 2. The first kappa shape index (κ1) is 15.3. The van der Waals surface area contributed by atoms with E-state index in [9.17, 15) is 15.0 Å². The van der Waals surface area contributed by atoms with Crippen LogP contribution in [0, 0.1) is 0 Å². The van der Waals surface area contributed by atoms with Crippen molar-refractivity contribution in [1.82, 2.24) is 0 Å². The summed E-state index contributed by atoms with van der Waals surface area (Å²) in [6.07, 6.45) is 1.86. The van der Waals surface area contributed by atoms with Crippen LogP contribution < -0.4 is 5.73 Å². The van der Waals surface area contributed by atoms with Gasteiger partial charge in [0.25, 0.3) is 0 Å². The van der Waals surface area contributed by atoms with Crippen molar-refractivity contribution in [3.05, 3.63) is 23.8 Å². The van der Waals surface area contributed by atoms with Gasteiger partial charge in [-0.1, -0.05) is 19.4 Å². The van der Waals surface area contributed by atoms with Crippen molar-refractivity contribution >= 4 is 5.97 Å². The van der Waals surface area contributed by atoms with Crippen LogP contribution in [0.1, 0.15) is 32.3 Å². The lowest BCUT2D eigenvalue weighted by molar-refractivity contribution is -0.150. The lowest BCUT2D eigenvalue weighted by Crippen LogP contribution is -2.36. The van der Waals surface area contributed by atoms with E-state index in [1.165, 1.54) is 12.1 Å². The molecular formula is C14H21NO4. The predicted octanol–water partition coefficient (Wildman–Crippen LogP) is 1.70. The number of aromatic hydroxyl groups is 2. The molecule has 4 N–H and O–H groups in total. The van der Waals surface area contributed by atoms with Crippen molar-refractivity contribution in [2.75, 3.05) is 0 Å². The quantitative estimate of drug-likeness (QED) is 0.539. The first-order chi connectivity index (χ1) is 8.93. The molecule has 2 atom stereocenters. The van der Waals surface area contributed by atoms with Crippen LogP contribution in [0.5, 0.6) is 11.5 Å². The van der Waals surface area contributed by atoms with Gasteiger partial charge in [-0.3, -0.25) is 4.79 Å². The summed E-state index contributed by atoms with van der Waals surface area (Å²) in [6.45, 7) is 3.85. The highest BCUT2D eigenvalue weighted by molar-refractivity contribution is 5.76. The van der Waals surface area contributed by atoms with Crippen LogP contribution in [0.2, 0.25) is 0 Å². The molecule has 5 heteroatoms. The number of carbonyl (C=O) groups is 1. The van der Waals surface area contributed by atoms with Crippen LogP contribution in [-0.2, 0) is 16.0 Å². The summed E-state index contributed by atoms with van der Waals surface area (Å²) in [5.74, 6) is -0.873. The standard InChI is InChI=1S/C14H21NO4/c1-3-4-9(2)19-14(18)11(15)7-10-5-6-12(16)13(17)8-10/h5-6,8-9,11,16-17H,3-4,7,15H2,1-2H3. The van der Waals surface area contributed by atoms with Gasteiger partial charge >= 0.3 is 5.97 Å². The van der Waals surface area contributed by atoms with E-state index >= 15 is 0 Å². The van der Waals surface area contributed by atoms with Gasteiger partial charge in [-0.2, -0.15) is 0 Å². The van der Waals surface area contributed by atoms with Gasteiger partial charge in [-0.25, -0.2) is 0 Å². The number of phenols is 2. The zero-order valence-electron chi connectivity index (χ0n) is 11.3. The Labute approximate surface area is 113 Å². The molecule has 0 aliphatic rings. The number of rotatable bonds is 6. The Morgan fingerprint density at radius 3 is 2.63 bits per heavy atom. The van der Waals surface area contributed by atoms with Gasteiger partial charge in [0.05, 0.1) is 6.10 Å². The Kier molecular flexibility index (Phi) is 5.63. The molecule has 0 aromatic heterocycles. The molecule has 0 amide bonds. The van der Waals surface area contributed by atoms with Gasteiger partial charge in [-0.15, -0.1) is 0 Å². The second-order valence-corrected chi connectivity index (χ2v) is 4.67. The monoisotopic (exact) mass is 267 g/mol. The van der Waals surface area contributed by atoms with E-state index in [-0.39, 0.29) is 24.0 Å². The van der Waals surface area contributed by atoms with Crippen molar-refractivity contribution in [2.24, 2.45) is 5.73 Å². The molecule has 0 bridgehead atoms. The summed E-state index contributed by atoms with van der Waals surface area (Å²) in [6, 6.07) is 3.58. The van der Waals surface area contributed by atoms with Crippen LogP contribution in [-0.4, -0.2) is 28.3 Å². The van der Waals surface area contributed by atoms with E-state index < -0.39 is 12.0 Å². The van der Waals surface area contributed by atoms with E-state index in [4.69, 9.17) is 10.5 Å². The number of nitrogens with two attached hydrogens (primary N) is 1. The Bertz CT molecular complexity index is 433. The van der Waals surface area contributed by atoms with Crippen LogP contribution in [0.4, 0.5) is 0 Å². The number of carbonyl (C=O) groups excluding carboxylic acids is 1. The fourth-order valence-corrected chi connectivity index (χ4v) is 1.78. The molecule has 106 valence electrons. The molecule has 0 heterocycles. The van der Waals surface area contributed by atoms with Crippen LogP contribution >= 0.6 is 0 Å². The summed E-state index contributed by atoms with van der Waals surface area (Å²) in [5, 5.41) is 18.6. The maximum atomic E-state index is 11.7. The topological polar surface area (TPSA) is 92.8 Å². The number of hydrogen-bond acceptors (Lipinski definition) is 5. The van der Waals surface area contributed by atoms with Gasteiger partial charge < -0.3 is 20.7 Å². The van der Waals surface area contributed by atoms with E-state index in [0.717, 1.165) is 12.8 Å². The van der Waals surface area contributed by atoms with Gasteiger partial charge in [0.15, 0.2) is 11.5 Å². The van der Waals surface area contributed by atoms with Crippen molar-refractivity contribution in [1.29, 1.82) is 0 Å². The molecule has 2 unspecified atom stereocenters. The van der Waals surface area contributed by atoms with E-state index in [2.05, 4.69) is 0 Å². The molecule has 1 aromatic rings. The lowest BCUT2D eigenvalue weighted by atomic mass is 10.1. The van der Waals surface area contributed by atoms with Crippen molar-refractivity contribution in [3.8, 4) is 11.5 Å². The smallest absolute Gasteiger partial charge is 0.323 e. The third kappa shape index (κ3) is 4.79. The van der Waals surface area contributed by atoms with Crippen LogP contribution in [0.25, 0.3) is 0 Å². The fraction of sp³-hybridized carbons (Fsp3) is 0.500. The molecule has 0 aliphatic heterocycles. The molecule has 19 heavy (non-hydrogen) atoms. The maximum Gasteiger partial charge on any atom is 0.323 e. The summed E-state index contributed by atoms with van der Waals surface area (Å²) in [4.78, 5) is 11.7. The Hall–Kier alpha value is -1.75. The zero-order chi connectivity index (χ0) is 14.4. The summed E-state index contributed by atoms with van der Waals surface area (Å²) >= 11 is 0. The first-order valence-corrected chi connectivity index (χ1v) is 6.41. The number of hydrogen-bond donors (Lipinski definition) is 3. The van der Waals surface area contributed by atoms with Crippen molar-refractivity contribution in [3.63, 3.8) is 0 Å². The molecule has 0 fully saturated rings. The van der Waals surface area contributed by atoms with Gasteiger partial charge in [0.1, 0.15) is 6.04 Å². The summed E-state index contributed by atoms with van der Waals surface area (Å²) in [5.41, 5.74) is 6.43. The number of benzene rings is 1. The third-order valence-electron chi connectivity index (χ3n) is 2.81. The molecule has 0 saturated heterocycles. The molecule has 0 radical (unpaired) electrons. The molecule has 0 spiro atoms. The van der Waals surface area contributed by atoms with Gasteiger partial charge in [0.2, 0.25) is 0 Å². The van der Waals surface area contributed by atoms with E-state index in [1.54, 1.807) is 6.07 Å². The minimum absolute atomic E-state index is 0.142. The van der Waals surface area contributed by atoms with E-state index in [1.807, 2.05) is 13.8 Å². The summed E-state index contributed by atoms with van der Waals surface area (Å²) < 4.78 is 5.20. The normalized spacial score (nSPS) is 13.8. The molecular weight excluding hydrogens is 246 g/mol. The lowest BCUT2D eigenvalue weighted by Gasteiger charge is -2.16. The van der Waals surface area contributed by atoms with Gasteiger partial charge in [-0.05, 0) is 37.5 Å². The number of ether oxygens (including phenoxy) is 1. The molecule has 1 rings (SSSR count). The molecule has 5 nitrogen and oxygen atoms in total. The molecule has 0 aliphatic carbocycles. The fourth-order valence-electron chi connectivity index (χ4n) is 1.78. The second kappa shape index (κ2) is 6.99.